The molecule has 9 nitrogen and oxygen atoms in total. The van der Waals surface area contributed by atoms with Crippen LogP contribution in [0.5, 0.6) is 0 Å². The van der Waals surface area contributed by atoms with Crippen molar-refractivity contribution >= 4 is 35.3 Å². The van der Waals surface area contributed by atoms with Crippen molar-refractivity contribution in [2.45, 2.75) is 6.61 Å². The highest BCUT2D eigenvalue weighted by Crippen LogP contribution is 2.20. The summed E-state index contributed by atoms with van der Waals surface area (Å²) in [5.74, 6) is -1.68. The molecule has 3 rings (SSSR count). The van der Waals surface area contributed by atoms with Crippen LogP contribution in [-0.4, -0.2) is 37.5 Å². The number of carbonyl (C=O) groups excluding carboxylic acids is 4. The van der Waals surface area contributed by atoms with Crippen LogP contribution in [0, 0.1) is 0 Å². The normalized spacial score (nSPS) is 10.0. The molecule has 0 saturated carbocycles. The quantitative estimate of drug-likeness (QED) is 0.441. The van der Waals surface area contributed by atoms with Crippen molar-refractivity contribution in [2.75, 3.05) is 24.3 Å². The first-order valence-electron chi connectivity index (χ1n) is 10.3. The van der Waals surface area contributed by atoms with Crippen LogP contribution in [0.15, 0.2) is 78.9 Å². The molecular weight excluding hydrogens is 438 g/mol. The van der Waals surface area contributed by atoms with Gasteiger partial charge >= 0.3 is 12.1 Å². The summed E-state index contributed by atoms with van der Waals surface area (Å²) in [4.78, 5) is 49.0. The van der Waals surface area contributed by atoms with Crippen molar-refractivity contribution in [2.24, 2.45) is 0 Å². The van der Waals surface area contributed by atoms with Gasteiger partial charge in [0, 0.05) is 0 Å². The maximum Gasteiger partial charge on any atom is 0.407 e. The van der Waals surface area contributed by atoms with E-state index in [1.165, 1.54) is 19.2 Å². The number of alkyl carbamates (subject to hydrolysis) is 1. The van der Waals surface area contributed by atoms with Crippen LogP contribution in [0.1, 0.15) is 26.3 Å². The Bertz CT molecular complexity index is 1180. The third kappa shape index (κ3) is 6.67. The Kier molecular flexibility index (Phi) is 8.34. The summed E-state index contributed by atoms with van der Waals surface area (Å²) >= 11 is 0. The van der Waals surface area contributed by atoms with Gasteiger partial charge in [0.25, 0.3) is 5.91 Å². The molecule has 0 unspecified atom stereocenters. The summed E-state index contributed by atoms with van der Waals surface area (Å²) in [5, 5.41) is 7.61. The first-order chi connectivity index (χ1) is 16.5. The number of ether oxygens (including phenoxy) is 2. The summed E-state index contributed by atoms with van der Waals surface area (Å²) in [6, 6.07) is 21.9. The second-order valence-corrected chi connectivity index (χ2v) is 7.00. The minimum atomic E-state index is -0.746. The number of benzene rings is 3. The Morgan fingerprint density at radius 3 is 2.00 bits per heavy atom. The van der Waals surface area contributed by atoms with Crippen LogP contribution >= 0.6 is 0 Å². The van der Waals surface area contributed by atoms with E-state index in [0.717, 1.165) is 5.56 Å². The fourth-order valence-corrected chi connectivity index (χ4v) is 2.98. The molecule has 0 aliphatic heterocycles. The van der Waals surface area contributed by atoms with E-state index < -0.39 is 23.9 Å². The van der Waals surface area contributed by atoms with Gasteiger partial charge in [-0.05, 0) is 29.8 Å². The Morgan fingerprint density at radius 1 is 0.735 bits per heavy atom. The van der Waals surface area contributed by atoms with E-state index in [2.05, 4.69) is 16.0 Å². The SMILES string of the molecule is COC(=O)c1ccccc1NC(=O)c1ccccc1NC(=O)CNC(=O)OCc1ccccc1. The molecule has 3 aromatic rings. The zero-order chi connectivity index (χ0) is 24.3. The molecule has 174 valence electrons. The monoisotopic (exact) mass is 461 g/mol. The smallest absolute Gasteiger partial charge is 0.407 e. The molecule has 0 aromatic heterocycles. The van der Waals surface area contributed by atoms with Gasteiger partial charge in [-0.3, -0.25) is 9.59 Å². The zero-order valence-electron chi connectivity index (χ0n) is 18.4. The largest absolute Gasteiger partial charge is 0.465 e. The lowest BCUT2D eigenvalue weighted by molar-refractivity contribution is -0.115. The van der Waals surface area contributed by atoms with Crippen molar-refractivity contribution in [3.05, 3.63) is 95.6 Å². The lowest BCUT2D eigenvalue weighted by Crippen LogP contribution is -2.33. The number of para-hydroxylation sites is 2. The number of amides is 3. The number of anilines is 2. The summed E-state index contributed by atoms with van der Waals surface area (Å²) in [6.07, 6.45) is -0.746. The minimum Gasteiger partial charge on any atom is -0.465 e. The Morgan fingerprint density at radius 2 is 1.32 bits per heavy atom. The molecule has 34 heavy (non-hydrogen) atoms. The third-order valence-corrected chi connectivity index (χ3v) is 4.63. The molecule has 3 aromatic carbocycles. The summed E-state index contributed by atoms with van der Waals surface area (Å²) in [7, 11) is 1.25. The maximum atomic E-state index is 12.9. The van der Waals surface area contributed by atoms with Gasteiger partial charge in [-0.1, -0.05) is 54.6 Å². The minimum absolute atomic E-state index is 0.0738. The van der Waals surface area contributed by atoms with E-state index in [9.17, 15) is 19.2 Å². The van der Waals surface area contributed by atoms with E-state index in [0.29, 0.717) is 0 Å². The number of rotatable bonds is 8. The average Bonchev–Trinajstić information content (AvgIpc) is 2.87. The number of methoxy groups -OCH3 is 1. The van der Waals surface area contributed by atoms with Gasteiger partial charge in [-0.25, -0.2) is 9.59 Å². The number of esters is 1. The fraction of sp³-hybridized carbons (Fsp3) is 0.120. The Hall–Kier alpha value is -4.66. The summed E-state index contributed by atoms with van der Waals surface area (Å²) < 4.78 is 9.80. The Labute approximate surface area is 196 Å². The van der Waals surface area contributed by atoms with Crippen LogP contribution in [-0.2, 0) is 20.9 Å². The van der Waals surface area contributed by atoms with Crippen molar-refractivity contribution in [1.29, 1.82) is 0 Å². The second-order valence-electron chi connectivity index (χ2n) is 7.00. The first kappa shape index (κ1) is 24.0. The topological polar surface area (TPSA) is 123 Å². The molecule has 3 amide bonds. The number of hydrogen-bond donors (Lipinski definition) is 3. The highest BCUT2D eigenvalue weighted by molar-refractivity contribution is 6.12. The lowest BCUT2D eigenvalue weighted by Gasteiger charge is -2.13. The van der Waals surface area contributed by atoms with Gasteiger partial charge in [0.05, 0.1) is 29.6 Å². The molecule has 0 atom stereocenters. The molecule has 0 spiro atoms. The molecule has 0 aliphatic carbocycles. The molecule has 0 radical (unpaired) electrons. The van der Waals surface area contributed by atoms with Crippen LogP contribution in [0.2, 0.25) is 0 Å². The molecule has 0 fully saturated rings. The maximum absolute atomic E-state index is 12.9. The van der Waals surface area contributed by atoms with E-state index in [1.807, 2.05) is 30.3 Å². The van der Waals surface area contributed by atoms with Crippen molar-refractivity contribution in [3.8, 4) is 0 Å². The highest BCUT2D eigenvalue weighted by atomic mass is 16.5. The van der Waals surface area contributed by atoms with Crippen molar-refractivity contribution < 1.29 is 28.7 Å². The summed E-state index contributed by atoms with van der Waals surface area (Å²) in [5.41, 5.74) is 1.68. The van der Waals surface area contributed by atoms with Gasteiger partial charge in [-0.2, -0.15) is 0 Å². The molecular formula is C25H23N3O6. The highest BCUT2D eigenvalue weighted by Gasteiger charge is 2.17. The number of hydrogen-bond acceptors (Lipinski definition) is 6. The van der Waals surface area contributed by atoms with Gasteiger partial charge in [-0.15, -0.1) is 0 Å². The van der Waals surface area contributed by atoms with E-state index in [1.54, 1.807) is 36.4 Å². The molecule has 3 N–H and O–H groups in total. The van der Waals surface area contributed by atoms with Crippen LogP contribution < -0.4 is 16.0 Å². The van der Waals surface area contributed by atoms with Crippen molar-refractivity contribution in [1.82, 2.24) is 5.32 Å². The predicted molar refractivity (Wildman–Crippen MR) is 125 cm³/mol. The van der Waals surface area contributed by atoms with Crippen LogP contribution in [0.4, 0.5) is 16.2 Å². The molecule has 0 bridgehead atoms. The number of nitrogens with one attached hydrogen (secondary N) is 3. The van der Waals surface area contributed by atoms with Crippen molar-refractivity contribution in [3.63, 3.8) is 0 Å². The number of carbonyl (C=O) groups is 4. The fourth-order valence-electron chi connectivity index (χ4n) is 2.98. The zero-order valence-corrected chi connectivity index (χ0v) is 18.4. The molecule has 0 saturated heterocycles. The second kappa shape index (κ2) is 11.8. The van der Waals surface area contributed by atoms with E-state index in [4.69, 9.17) is 9.47 Å². The van der Waals surface area contributed by atoms with E-state index in [-0.39, 0.29) is 35.7 Å². The molecule has 0 aliphatic rings. The van der Waals surface area contributed by atoms with Crippen LogP contribution in [0.3, 0.4) is 0 Å². The third-order valence-electron chi connectivity index (χ3n) is 4.63. The van der Waals surface area contributed by atoms with Gasteiger partial charge < -0.3 is 25.4 Å². The molecule has 9 heteroatoms. The van der Waals surface area contributed by atoms with Gasteiger partial charge in [0.2, 0.25) is 5.91 Å². The van der Waals surface area contributed by atoms with E-state index >= 15 is 0 Å². The summed E-state index contributed by atoms with van der Waals surface area (Å²) in [6.45, 7) is -0.279. The van der Waals surface area contributed by atoms with Crippen LogP contribution in [0.25, 0.3) is 0 Å². The standard InChI is InChI=1S/C25H23N3O6/c1-33-24(31)19-12-6-8-14-21(19)28-23(30)18-11-5-7-13-20(18)27-22(29)15-26-25(32)34-16-17-9-3-2-4-10-17/h2-14H,15-16H2,1H3,(H,26,32)(H,27,29)(H,28,30). The van der Waals surface area contributed by atoms with Gasteiger partial charge in [0.1, 0.15) is 13.2 Å². The average molecular weight is 461 g/mol. The predicted octanol–water partition coefficient (Wildman–Crippen LogP) is 3.59. The first-order valence-corrected chi connectivity index (χ1v) is 10.3. The molecule has 0 heterocycles. The Balaban J connectivity index is 1.58. The van der Waals surface area contributed by atoms with Gasteiger partial charge in [0.15, 0.2) is 0 Å². The lowest BCUT2D eigenvalue weighted by atomic mass is 10.1.